The smallest absolute Gasteiger partial charge is 0.419 e. The average Bonchev–Trinajstić information content (AvgIpc) is 2.87. The predicted octanol–water partition coefficient (Wildman–Crippen LogP) is 2.61. The van der Waals surface area contributed by atoms with E-state index in [0.29, 0.717) is 5.75 Å². The molecule has 7 heteroatoms. The van der Waals surface area contributed by atoms with Crippen molar-refractivity contribution in [3.63, 3.8) is 0 Å². The maximum Gasteiger partial charge on any atom is 0.419 e. The minimum Gasteiger partial charge on any atom is -0.497 e. The van der Waals surface area contributed by atoms with Crippen molar-refractivity contribution < 1.29 is 17.9 Å². The van der Waals surface area contributed by atoms with Gasteiger partial charge in [0.2, 0.25) is 0 Å². The Bertz CT molecular complexity index is 580. The standard InChI is InChI=1S/C13H14F3N3O/c1-20-11-4-2-3-9(5-11)12(17)8-19-7-10(6-18-19)13(14,15)16/h2-7,12H,8,17H2,1H3. The molecule has 0 fully saturated rings. The van der Waals surface area contributed by atoms with E-state index in [0.717, 1.165) is 18.0 Å². The third-order valence-corrected chi connectivity index (χ3v) is 2.87. The van der Waals surface area contributed by atoms with Crippen LogP contribution in [-0.2, 0) is 12.7 Å². The minimum absolute atomic E-state index is 0.156. The molecule has 0 aliphatic carbocycles. The molecule has 0 spiro atoms. The minimum atomic E-state index is -4.39. The molecule has 0 amide bonds. The lowest BCUT2D eigenvalue weighted by Crippen LogP contribution is -2.18. The van der Waals surface area contributed by atoms with Crippen LogP contribution in [0.5, 0.6) is 5.75 Å². The van der Waals surface area contributed by atoms with Gasteiger partial charge in [0.15, 0.2) is 0 Å². The number of hydrogen-bond acceptors (Lipinski definition) is 3. The average molecular weight is 285 g/mol. The van der Waals surface area contributed by atoms with Gasteiger partial charge in [0.05, 0.1) is 25.4 Å². The molecular formula is C13H14F3N3O. The van der Waals surface area contributed by atoms with E-state index in [1.165, 1.54) is 11.8 Å². The van der Waals surface area contributed by atoms with Crippen molar-refractivity contribution in [3.05, 3.63) is 47.8 Å². The van der Waals surface area contributed by atoms with E-state index in [2.05, 4.69) is 5.10 Å². The summed E-state index contributed by atoms with van der Waals surface area (Å²) in [6, 6.07) is 6.62. The number of aromatic nitrogens is 2. The Hall–Kier alpha value is -2.02. The van der Waals surface area contributed by atoms with Crippen LogP contribution >= 0.6 is 0 Å². The molecule has 1 atom stereocenters. The summed E-state index contributed by atoms with van der Waals surface area (Å²) in [6.07, 6.45) is -2.66. The number of methoxy groups -OCH3 is 1. The largest absolute Gasteiger partial charge is 0.497 e. The highest BCUT2D eigenvalue weighted by Crippen LogP contribution is 2.28. The fourth-order valence-electron chi connectivity index (χ4n) is 1.79. The third kappa shape index (κ3) is 3.30. The van der Waals surface area contributed by atoms with E-state index >= 15 is 0 Å². The third-order valence-electron chi connectivity index (χ3n) is 2.87. The maximum atomic E-state index is 12.5. The molecule has 2 aromatic rings. The number of rotatable bonds is 4. The molecule has 0 aliphatic rings. The lowest BCUT2D eigenvalue weighted by molar-refractivity contribution is -0.137. The number of ether oxygens (including phenoxy) is 1. The highest BCUT2D eigenvalue weighted by atomic mass is 19.4. The quantitative estimate of drug-likeness (QED) is 0.939. The van der Waals surface area contributed by atoms with Crippen molar-refractivity contribution in [2.45, 2.75) is 18.8 Å². The molecule has 4 nitrogen and oxygen atoms in total. The Morgan fingerprint density at radius 1 is 1.40 bits per heavy atom. The molecule has 0 aliphatic heterocycles. The van der Waals surface area contributed by atoms with Crippen LogP contribution in [-0.4, -0.2) is 16.9 Å². The Labute approximate surface area is 114 Å². The Kier molecular flexibility index (Phi) is 3.99. The lowest BCUT2D eigenvalue weighted by atomic mass is 10.1. The first-order valence-corrected chi connectivity index (χ1v) is 5.89. The zero-order valence-corrected chi connectivity index (χ0v) is 10.8. The number of nitrogens with two attached hydrogens (primary N) is 1. The summed E-state index contributed by atoms with van der Waals surface area (Å²) in [5.74, 6) is 0.648. The summed E-state index contributed by atoms with van der Waals surface area (Å²) in [7, 11) is 1.54. The highest BCUT2D eigenvalue weighted by molar-refractivity contribution is 5.30. The monoisotopic (exact) mass is 285 g/mol. The van der Waals surface area contributed by atoms with Crippen LogP contribution in [0.25, 0.3) is 0 Å². The molecule has 108 valence electrons. The van der Waals surface area contributed by atoms with Crippen molar-refractivity contribution in [1.29, 1.82) is 0 Å². The van der Waals surface area contributed by atoms with Crippen LogP contribution in [0.4, 0.5) is 13.2 Å². The fraction of sp³-hybridized carbons (Fsp3) is 0.308. The number of alkyl halides is 3. The summed E-state index contributed by atoms with van der Waals surface area (Å²) < 4.78 is 43.6. The van der Waals surface area contributed by atoms with E-state index in [1.54, 1.807) is 24.3 Å². The van der Waals surface area contributed by atoms with Gasteiger partial charge in [-0.1, -0.05) is 12.1 Å². The first kappa shape index (κ1) is 14.4. The fourth-order valence-corrected chi connectivity index (χ4v) is 1.79. The molecule has 0 bridgehead atoms. The number of benzene rings is 1. The van der Waals surface area contributed by atoms with E-state index < -0.39 is 17.8 Å². The summed E-state index contributed by atoms with van der Waals surface area (Å²) >= 11 is 0. The molecule has 1 unspecified atom stereocenters. The van der Waals surface area contributed by atoms with Crippen LogP contribution in [0.2, 0.25) is 0 Å². The molecule has 0 saturated carbocycles. The summed E-state index contributed by atoms with van der Waals surface area (Å²) in [5.41, 5.74) is 5.96. The molecule has 0 saturated heterocycles. The SMILES string of the molecule is COc1cccc(C(N)Cn2cc(C(F)(F)F)cn2)c1. The number of halogens is 3. The van der Waals surface area contributed by atoms with Crippen LogP contribution in [0.1, 0.15) is 17.2 Å². The van der Waals surface area contributed by atoms with Gasteiger partial charge in [0, 0.05) is 12.2 Å². The van der Waals surface area contributed by atoms with E-state index in [9.17, 15) is 13.2 Å². The second kappa shape index (κ2) is 5.54. The van der Waals surface area contributed by atoms with Crippen LogP contribution in [0.3, 0.4) is 0 Å². The molecule has 0 radical (unpaired) electrons. The van der Waals surface area contributed by atoms with Crippen molar-refractivity contribution in [3.8, 4) is 5.75 Å². The zero-order chi connectivity index (χ0) is 14.8. The van der Waals surface area contributed by atoms with Gasteiger partial charge in [-0.2, -0.15) is 18.3 Å². The highest BCUT2D eigenvalue weighted by Gasteiger charge is 2.32. The van der Waals surface area contributed by atoms with Gasteiger partial charge >= 0.3 is 6.18 Å². The van der Waals surface area contributed by atoms with Gasteiger partial charge in [-0.3, -0.25) is 4.68 Å². The second-order valence-electron chi connectivity index (χ2n) is 4.33. The first-order chi connectivity index (χ1) is 9.40. The Balaban J connectivity index is 2.11. The van der Waals surface area contributed by atoms with Gasteiger partial charge in [-0.05, 0) is 17.7 Å². The normalized spacial score (nSPS) is 13.2. The molecule has 1 aromatic carbocycles. The Morgan fingerprint density at radius 3 is 2.75 bits per heavy atom. The predicted molar refractivity (Wildman–Crippen MR) is 67.2 cm³/mol. The van der Waals surface area contributed by atoms with Crippen molar-refractivity contribution in [2.75, 3.05) is 7.11 Å². The molecule has 2 N–H and O–H groups in total. The lowest BCUT2D eigenvalue weighted by Gasteiger charge is -2.13. The van der Waals surface area contributed by atoms with E-state index in [-0.39, 0.29) is 6.54 Å². The van der Waals surface area contributed by atoms with Crippen molar-refractivity contribution in [2.24, 2.45) is 5.73 Å². The van der Waals surface area contributed by atoms with Gasteiger partial charge in [-0.25, -0.2) is 0 Å². The van der Waals surface area contributed by atoms with Crippen molar-refractivity contribution >= 4 is 0 Å². The molecule has 20 heavy (non-hydrogen) atoms. The molecule has 1 aromatic heterocycles. The van der Waals surface area contributed by atoms with Crippen LogP contribution in [0.15, 0.2) is 36.7 Å². The topological polar surface area (TPSA) is 53.1 Å². The number of hydrogen-bond donors (Lipinski definition) is 1. The zero-order valence-electron chi connectivity index (χ0n) is 10.8. The van der Waals surface area contributed by atoms with Gasteiger partial charge in [0.1, 0.15) is 5.75 Å². The summed E-state index contributed by atoms with van der Waals surface area (Å²) in [5, 5.41) is 3.68. The molecule has 1 heterocycles. The van der Waals surface area contributed by atoms with Crippen LogP contribution in [0, 0.1) is 0 Å². The Morgan fingerprint density at radius 2 is 2.15 bits per heavy atom. The van der Waals surface area contributed by atoms with E-state index in [4.69, 9.17) is 10.5 Å². The van der Waals surface area contributed by atoms with Gasteiger partial charge in [0.25, 0.3) is 0 Å². The summed E-state index contributed by atoms with van der Waals surface area (Å²) in [4.78, 5) is 0. The molecular weight excluding hydrogens is 271 g/mol. The van der Waals surface area contributed by atoms with Crippen molar-refractivity contribution in [1.82, 2.24) is 9.78 Å². The maximum absolute atomic E-state index is 12.5. The first-order valence-electron chi connectivity index (χ1n) is 5.89. The molecule has 2 rings (SSSR count). The summed E-state index contributed by atoms with van der Waals surface area (Å²) in [6.45, 7) is 0.156. The van der Waals surface area contributed by atoms with Crippen LogP contribution < -0.4 is 10.5 Å². The van der Waals surface area contributed by atoms with E-state index in [1.807, 2.05) is 0 Å². The second-order valence-corrected chi connectivity index (χ2v) is 4.33. The van der Waals surface area contributed by atoms with Gasteiger partial charge < -0.3 is 10.5 Å². The number of nitrogens with zero attached hydrogens (tertiary/aromatic N) is 2. The van der Waals surface area contributed by atoms with Gasteiger partial charge in [-0.15, -0.1) is 0 Å².